The molecule has 0 atom stereocenters. The minimum Gasteiger partial charge on any atom is -0.345 e. The van der Waals surface area contributed by atoms with Crippen LogP contribution >= 0.6 is 11.6 Å². The minimum atomic E-state index is -1.27. The summed E-state index contributed by atoms with van der Waals surface area (Å²) in [4.78, 5) is 19.0. The number of fused-ring (bicyclic) bond motifs is 1. The Bertz CT molecular complexity index is 853. The molecule has 0 aliphatic rings. The molecule has 2 aromatic heterocycles. The molecule has 3 aromatic rings. The Morgan fingerprint density at radius 1 is 1.19 bits per heavy atom. The molecule has 0 aliphatic carbocycles. The Hall–Kier alpha value is -2.34. The number of aromatic nitrogens is 2. The summed E-state index contributed by atoms with van der Waals surface area (Å²) in [6.45, 7) is 0. The fraction of sp³-hybridized carbons (Fsp3) is 0. The van der Waals surface area contributed by atoms with E-state index in [1.165, 1.54) is 18.5 Å². The van der Waals surface area contributed by atoms with Crippen molar-refractivity contribution in [2.45, 2.75) is 0 Å². The van der Waals surface area contributed by atoms with Crippen molar-refractivity contribution in [2.75, 3.05) is 0 Å². The van der Waals surface area contributed by atoms with Crippen LogP contribution in [0.1, 0.15) is 15.9 Å². The molecule has 0 radical (unpaired) electrons. The van der Waals surface area contributed by atoms with Gasteiger partial charge in [0, 0.05) is 29.9 Å². The topological polar surface area (TPSA) is 45.8 Å². The first-order chi connectivity index (χ1) is 9.99. The Kier molecular flexibility index (Phi) is 3.17. The molecular weight excluding hydrogens is 305 g/mol. The molecule has 1 N–H and O–H groups in total. The Morgan fingerprint density at radius 2 is 1.86 bits per heavy atom. The van der Waals surface area contributed by atoms with Crippen molar-refractivity contribution >= 4 is 28.4 Å². The Balaban J connectivity index is 2.23. The maximum Gasteiger partial charge on any atom is 0.201 e. The molecule has 0 aliphatic heterocycles. The number of rotatable bonds is 2. The maximum atomic E-state index is 13.7. The van der Waals surface area contributed by atoms with Crippen LogP contribution in [0.2, 0.25) is 5.02 Å². The molecule has 1 aromatic carbocycles. The first-order valence-corrected chi connectivity index (χ1v) is 6.17. The number of H-pyrrole nitrogens is 1. The van der Waals surface area contributed by atoms with Gasteiger partial charge in [0.25, 0.3) is 0 Å². The molecule has 3 nitrogen and oxygen atoms in total. The lowest BCUT2D eigenvalue weighted by Gasteiger charge is -2.04. The number of ketones is 1. The Labute approximate surface area is 121 Å². The molecule has 0 unspecified atom stereocenters. The van der Waals surface area contributed by atoms with Crippen molar-refractivity contribution in [3.05, 3.63) is 64.2 Å². The smallest absolute Gasteiger partial charge is 0.201 e. The van der Waals surface area contributed by atoms with Crippen LogP contribution < -0.4 is 0 Å². The summed E-state index contributed by atoms with van der Waals surface area (Å²) in [5.74, 6) is -4.58. The highest BCUT2D eigenvalue weighted by molar-refractivity contribution is 6.37. The third-order valence-corrected chi connectivity index (χ3v) is 3.32. The number of hydrogen-bond acceptors (Lipinski definition) is 2. The molecule has 106 valence electrons. The van der Waals surface area contributed by atoms with Crippen molar-refractivity contribution in [3.8, 4) is 0 Å². The summed E-state index contributed by atoms with van der Waals surface area (Å²) in [5, 5.41) is 0.472. The van der Waals surface area contributed by atoms with E-state index < -0.39 is 28.8 Å². The van der Waals surface area contributed by atoms with E-state index in [9.17, 15) is 18.0 Å². The normalized spacial score (nSPS) is 11.0. The number of carbonyl (C=O) groups is 1. The van der Waals surface area contributed by atoms with Gasteiger partial charge >= 0.3 is 0 Å². The average Bonchev–Trinajstić information content (AvgIpc) is 2.82. The van der Waals surface area contributed by atoms with Gasteiger partial charge in [0.05, 0.1) is 16.1 Å². The highest BCUT2D eigenvalue weighted by Crippen LogP contribution is 2.28. The monoisotopic (exact) mass is 310 g/mol. The lowest BCUT2D eigenvalue weighted by molar-refractivity contribution is 0.103. The van der Waals surface area contributed by atoms with E-state index in [0.717, 1.165) is 0 Å². The van der Waals surface area contributed by atoms with Gasteiger partial charge in [0.1, 0.15) is 23.1 Å². The summed E-state index contributed by atoms with van der Waals surface area (Å²) in [6, 6.07) is 2.35. The van der Waals surface area contributed by atoms with Crippen LogP contribution in [0.25, 0.3) is 11.0 Å². The molecule has 0 spiro atoms. The molecule has 0 saturated heterocycles. The fourth-order valence-corrected chi connectivity index (χ4v) is 2.34. The number of halogens is 4. The van der Waals surface area contributed by atoms with E-state index in [-0.39, 0.29) is 16.0 Å². The Morgan fingerprint density at radius 3 is 2.52 bits per heavy atom. The second kappa shape index (κ2) is 4.89. The number of benzene rings is 1. The van der Waals surface area contributed by atoms with E-state index in [1.54, 1.807) is 0 Å². The zero-order valence-corrected chi connectivity index (χ0v) is 11.0. The van der Waals surface area contributed by atoms with Gasteiger partial charge in [-0.1, -0.05) is 11.6 Å². The summed E-state index contributed by atoms with van der Waals surface area (Å²) >= 11 is 5.98. The lowest BCUT2D eigenvalue weighted by atomic mass is 10.0. The highest BCUT2D eigenvalue weighted by atomic mass is 35.5. The zero-order chi connectivity index (χ0) is 15.1. The van der Waals surface area contributed by atoms with Crippen molar-refractivity contribution in [1.82, 2.24) is 9.97 Å². The van der Waals surface area contributed by atoms with Gasteiger partial charge in [-0.3, -0.25) is 4.79 Å². The van der Waals surface area contributed by atoms with Gasteiger partial charge in [-0.05, 0) is 6.07 Å². The predicted molar refractivity (Wildman–Crippen MR) is 70.9 cm³/mol. The summed E-state index contributed by atoms with van der Waals surface area (Å²) in [5.41, 5.74) is -0.557. The summed E-state index contributed by atoms with van der Waals surface area (Å²) < 4.78 is 40.3. The highest BCUT2D eigenvalue weighted by Gasteiger charge is 2.24. The van der Waals surface area contributed by atoms with Gasteiger partial charge < -0.3 is 4.98 Å². The minimum absolute atomic E-state index is 0.0347. The SMILES string of the molecule is O=C(c1c(F)cc(F)cc1F)c1c[nH]c2nccc(Cl)c12. The van der Waals surface area contributed by atoms with Gasteiger partial charge in [0.2, 0.25) is 5.78 Å². The number of pyridine rings is 1. The van der Waals surface area contributed by atoms with Crippen LogP contribution in [0.15, 0.2) is 30.6 Å². The zero-order valence-electron chi connectivity index (χ0n) is 10.3. The third kappa shape index (κ3) is 2.17. The predicted octanol–water partition coefficient (Wildman–Crippen LogP) is 3.86. The number of nitrogens with zero attached hydrogens (tertiary/aromatic N) is 1. The van der Waals surface area contributed by atoms with Crippen molar-refractivity contribution in [3.63, 3.8) is 0 Å². The quantitative estimate of drug-likeness (QED) is 0.730. The van der Waals surface area contributed by atoms with E-state index >= 15 is 0 Å². The number of hydrogen-bond donors (Lipinski definition) is 1. The third-order valence-electron chi connectivity index (χ3n) is 3.00. The first-order valence-electron chi connectivity index (χ1n) is 5.80. The average molecular weight is 311 g/mol. The number of carbonyl (C=O) groups excluding carboxylic acids is 1. The van der Waals surface area contributed by atoms with Crippen LogP contribution in [-0.2, 0) is 0 Å². The standard InChI is InChI=1S/C14H6ClF3N2O/c15-8-1-2-19-14-11(8)7(5-20-14)13(21)12-9(17)3-6(16)4-10(12)18/h1-5H,(H,19,20). The van der Waals surface area contributed by atoms with Gasteiger partial charge in [-0.2, -0.15) is 0 Å². The van der Waals surface area contributed by atoms with Crippen LogP contribution in [-0.4, -0.2) is 15.8 Å². The molecule has 7 heteroatoms. The van der Waals surface area contributed by atoms with Crippen molar-refractivity contribution in [1.29, 1.82) is 0 Å². The van der Waals surface area contributed by atoms with Gasteiger partial charge in [-0.25, -0.2) is 18.2 Å². The van der Waals surface area contributed by atoms with E-state index in [2.05, 4.69) is 9.97 Å². The van der Waals surface area contributed by atoms with Crippen molar-refractivity contribution < 1.29 is 18.0 Å². The fourth-order valence-electron chi connectivity index (χ4n) is 2.09. The van der Waals surface area contributed by atoms with Crippen LogP contribution in [0.5, 0.6) is 0 Å². The first kappa shape index (κ1) is 13.6. The van der Waals surface area contributed by atoms with Gasteiger partial charge in [0.15, 0.2) is 0 Å². The van der Waals surface area contributed by atoms with E-state index in [1.807, 2.05) is 0 Å². The molecule has 0 saturated carbocycles. The molecule has 21 heavy (non-hydrogen) atoms. The summed E-state index contributed by atoms with van der Waals surface area (Å²) in [6.07, 6.45) is 2.68. The second-order valence-electron chi connectivity index (χ2n) is 4.29. The second-order valence-corrected chi connectivity index (χ2v) is 4.70. The van der Waals surface area contributed by atoms with Crippen LogP contribution in [0, 0.1) is 17.5 Å². The van der Waals surface area contributed by atoms with E-state index in [0.29, 0.717) is 17.8 Å². The maximum absolute atomic E-state index is 13.7. The van der Waals surface area contributed by atoms with E-state index in [4.69, 9.17) is 11.6 Å². The molecule has 0 bridgehead atoms. The van der Waals surface area contributed by atoms with Crippen LogP contribution in [0.4, 0.5) is 13.2 Å². The number of aromatic amines is 1. The molecule has 3 rings (SSSR count). The van der Waals surface area contributed by atoms with Gasteiger partial charge in [-0.15, -0.1) is 0 Å². The molecule has 2 heterocycles. The lowest BCUT2D eigenvalue weighted by Crippen LogP contribution is -2.08. The number of nitrogens with one attached hydrogen (secondary N) is 1. The molecular formula is C14H6ClF3N2O. The summed E-state index contributed by atoms with van der Waals surface area (Å²) in [7, 11) is 0. The molecule has 0 fully saturated rings. The largest absolute Gasteiger partial charge is 0.345 e. The van der Waals surface area contributed by atoms with Crippen LogP contribution in [0.3, 0.4) is 0 Å². The molecule has 0 amide bonds. The van der Waals surface area contributed by atoms with Crippen molar-refractivity contribution in [2.24, 2.45) is 0 Å².